The first kappa shape index (κ1) is 85.9. The van der Waals surface area contributed by atoms with E-state index in [0.29, 0.717) is 18.4 Å². The molecule has 13 atom stereocenters. The van der Waals surface area contributed by atoms with Crippen LogP contribution in [0.1, 0.15) is 138 Å². The molecule has 0 aliphatic carbocycles. The van der Waals surface area contributed by atoms with Crippen LogP contribution in [-0.4, -0.2) is 193 Å². The number of primary amides is 1. The minimum atomic E-state index is -1.96. The summed E-state index contributed by atoms with van der Waals surface area (Å²) < 4.78 is 0. The lowest BCUT2D eigenvalue weighted by atomic mass is 9.94. The highest BCUT2D eigenvalue weighted by molar-refractivity contribution is 6.00. The minimum absolute atomic E-state index is 0.00600. The number of hydrogen-bond acceptors (Lipinski definition) is 17. The Kier molecular flexibility index (Phi) is 39.8. The van der Waals surface area contributed by atoms with Gasteiger partial charge < -0.3 is 116 Å². The van der Waals surface area contributed by atoms with Crippen LogP contribution >= 0.6 is 0 Å². The summed E-state index contributed by atoms with van der Waals surface area (Å²) in [6, 6.07) is -6.81. The molecule has 0 aliphatic rings. The topological polar surface area (TPSA) is 655 Å². The molecule has 37 nitrogen and oxygen atoms in total. The Labute approximate surface area is 571 Å². The van der Waals surface area contributed by atoms with E-state index in [1.165, 1.54) is 13.8 Å². The van der Waals surface area contributed by atoms with Crippen LogP contribution in [0.2, 0.25) is 0 Å². The third kappa shape index (κ3) is 34.5. The number of nitrogens with one attached hydrogen (secondary N) is 10. The molecule has 0 saturated heterocycles. The second kappa shape index (κ2) is 45.4. The standard InChI is InChI=1S/C61H108N24O13/c1-9-32(5)45(85-57(98)46(33(6)10-2)84-52(93)40(23-17-27-75-61(70)71)78-49(90)35(8)76-48(89)34(7)62)56(97)83-41(28-31(3)4)53(94)79-39(22-16-26-74-60(68)69)51(92)82-43(30-44(86)87)55(96)80-38(21-15-25-73-59(66)67)50(91)81-42(29-36-18-12-11-13-19-36)54(95)77-37(47(63)88)20-14-24-72-58(64)65/h11-13,18-19,31-35,37-43,45-46H,9-10,14-17,20-30,62H2,1-8H3,(H2,63,88)(H,76,89)(H,77,95)(H,78,90)(H,79,94)(H,80,96)(H,81,91)(H,82,92)(H,83,97)(H,84,93)(H,85,98)(H,86,87)(H4,64,65,72)(H4,66,67,73)(H4,68,69,74)(H4,70,71,75)/t32-,33-,34-,35-,37-,38-,39-,40-,41-,42-,43-,45-,46-/m0/s1. The maximum Gasteiger partial charge on any atom is 0.305 e. The summed E-state index contributed by atoms with van der Waals surface area (Å²) in [6.45, 7) is 13.2. The van der Waals surface area contributed by atoms with Gasteiger partial charge in [-0.15, -0.1) is 0 Å². The molecule has 0 saturated carbocycles. The van der Waals surface area contributed by atoms with Crippen molar-refractivity contribution in [3.05, 3.63) is 35.9 Å². The number of benzene rings is 1. The van der Waals surface area contributed by atoms with E-state index >= 15 is 0 Å². The number of amides is 11. The minimum Gasteiger partial charge on any atom is -0.481 e. The Morgan fingerprint density at radius 1 is 0.398 bits per heavy atom. The maximum atomic E-state index is 14.6. The van der Waals surface area contributed by atoms with Gasteiger partial charge in [0.2, 0.25) is 65.0 Å². The number of nitrogens with two attached hydrogens (primary N) is 10. The van der Waals surface area contributed by atoms with Crippen molar-refractivity contribution in [3.8, 4) is 0 Å². The number of carbonyl (C=O) groups excluding carboxylic acids is 11. The summed E-state index contributed by atoms with van der Waals surface area (Å²) in [5.74, 6) is -13.8. The SMILES string of the molecule is CC[C@H](C)[C@H](NC(=O)[C@H](CCCN=C(N)N)NC(=O)[C@H](C)NC(=O)[C@H](C)N)C(=O)N[C@H](C(=O)N[C@@H](CC(C)C)C(=O)N[C@@H](CCCN=C(N)N)C(=O)N[C@@H](CC(=O)O)C(=O)N[C@@H](CCCN=C(N)N)C(=O)N[C@@H](Cc1ccccc1)C(=O)N[C@@H](CCCN=C(N)N)C(N)=O)[C@@H](C)CC. The van der Waals surface area contributed by atoms with Crippen LogP contribution in [-0.2, 0) is 64.0 Å². The number of carboxylic acid groups (broad SMARTS) is 1. The van der Waals surface area contributed by atoms with Crippen LogP contribution in [0.25, 0.3) is 0 Å². The Morgan fingerprint density at radius 3 is 1.11 bits per heavy atom. The molecule has 550 valence electrons. The molecule has 0 spiro atoms. The van der Waals surface area contributed by atoms with Crippen LogP contribution in [0.15, 0.2) is 50.3 Å². The van der Waals surface area contributed by atoms with Gasteiger partial charge in [0, 0.05) is 32.6 Å². The molecule has 0 aromatic heterocycles. The monoisotopic (exact) mass is 1380 g/mol. The summed E-state index contributed by atoms with van der Waals surface area (Å²) in [7, 11) is 0. The van der Waals surface area contributed by atoms with Crippen LogP contribution < -0.4 is 111 Å². The predicted molar refractivity (Wildman–Crippen MR) is 368 cm³/mol. The number of nitrogens with zero attached hydrogens (tertiary/aromatic N) is 4. The van der Waals surface area contributed by atoms with Gasteiger partial charge in [0.05, 0.1) is 12.5 Å². The lowest BCUT2D eigenvalue weighted by Gasteiger charge is -2.31. The summed E-state index contributed by atoms with van der Waals surface area (Å²) in [4.78, 5) is 182. The van der Waals surface area contributed by atoms with Gasteiger partial charge in [0.15, 0.2) is 23.8 Å². The number of carboxylic acids is 1. The van der Waals surface area contributed by atoms with Gasteiger partial charge in [-0.1, -0.05) is 84.7 Å². The Bertz CT molecular complexity index is 2920. The van der Waals surface area contributed by atoms with E-state index in [2.05, 4.69) is 73.1 Å². The molecule has 11 amide bonds. The number of aliphatic imine (C=N–C) groups is 4. The van der Waals surface area contributed by atoms with Crippen molar-refractivity contribution in [1.29, 1.82) is 0 Å². The molecule has 0 bridgehead atoms. The van der Waals surface area contributed by atoms with Gasteiger partial charge >= 0.3 is 5.97 Å². The third-order valence-electron chi connectivity index (χ3n) is 15.4. The van der Waals surface area contributed by atoms with Crippen molar-refractivity contribution < 1.29 is 62.6 Å². The van der Waals surface area contributed by atoms with Crippen molar-refractivity contribution in [2.24, 2.45) is 95.1 Å². The van der Waals surface area contributed by atoms with E-state index in [0.717, 1.165) is 0 Å². The van der Waals surface area contributed by atoms with E-state index in [1.54, 1.807) is 71.9 Å². The van der Waals surface area contributed by atoms with E-state index in [4.69, 9.17) is 57.3 Å². The lowest BCUT2D eigenvalue weighted by Crippen LogP contribution is -2.62. The summed E-state index contributed by atoms with van der Waals surface area (Å²) in [6.07, 6.45) is -0.676. The van der Waals surface area contributed by atoms with E-state index in [1.807, 2.05) is 0 Å². The quantitative estimate of drug-likeness (QED) is 0.0164. The summed E-state index contributed by atoms with van der Waals surface area (Å²) in [5.41, 5.74) is 55.9. The average molecular weight is 1390 g/mol. The molecule has 1 aromatic carbocycles. The highest BCUT2D eigenvalue weighted by Crippen LogP contribution is 2.16. The van der Waals surface area contributed by atoms with E-state index in [-0.39, 0.29) is 120 Å². The second-order valence-corrected chi connectivity index (χ2v) is 24.3. The third-order valence-corrected chi connectivity index (χ3v) is 15.4. The zero-order valence-electron chi connectivity index (χ0n) is 57.4. The highest BCUT2D eigenvalue weighted by Gasteiger charge is 2.38. The Morgan fingerprint density at radius 2 is 0.724 bits per heavy atom. The second-order valence-electron chi connectivity index (χ2n) is 24.3. The molecule has 0 heterocycles. The van der Waals surface area contributed by atoms with Gasteiger partial charge in [-0.05, 0) is 95.0 Å². The van der Waals surface area contributed by atoms with E-state index < -0.39 is 156 Å². The van der Waals surface area contributed by atoms with Crippen LogP contribution in [0.5, 0.6) is 0 Å². The van der Waals surface area contributed by atoms with Gasteiger partial charge in [-0.25, -0.2) is 0 Å². The van der Waals surface area contributed by atoms with Crippen LogP contribution in [0.3, 0.4) is 0 Å². The Balaban J connectivity index is 3.78. The van der Waals surface area contributed by atoms with Gasteiger partial charge in [-0.2, -0.15) is 0 Å². The number of carbonyl (C=O) groups is 12. The molecular weight excluding hydrogens is 1280 g/mol. The van der Waals surface area contributed by atoms with Crippen LogP contribution in [0.4, 0.5) is 0 Å². The molecule has 37 heteroatoms. The highest BCUT2D eigenvalue weighted by atomic mass is 16.4. The average Bonchev–Trinajstić information content (AvgIpc) is 0.854. The fourth-order valence-electron chi connectivity index (χ4n) is 9.48. The first-order chi connectivity index (χ1) is 46.0. The number of hydrogen-bond donors (Lipinski definition) is 21. The fourth-order valence-corrected chi connectivity index (χ4v) is 9.48. The summed E-state index contributed by atoms with van der Waals surface area (Å²) in [5, 5.41) is 36.1. The predicted octanol–water partition coefficient (Wildman–Crippen LogP) is -6.24. The molecule has 1 aromatic rings. The first-order valence-corrected chi connectivity index (χ1v) is 32.6. The molecule has 0 radical (unpaired) electrons. The number of aliphatic carboxylic acids is 1. The molecule has 0 aliphatic heterocycles. The smallest absolute Gasteiger partial charge is 0.305 e. The zero-order valence-corrected chi connectivity index (χ0v) is 57.4. The van der Waals surface area contributed by atoms with Crippen molar-refractivity contribution in [1.82, 2.24) is 53.2 Å². The van der Waals surface area contributed by atoms with Crippen molar-refractivity contribution >= 4 is 94.8 Å². The van der Waals surface area contributed by atoms with Crippen molar-refractivity contribution in [2.75, 3.05) is 26.2 Å². The molecule has 1 rings (SSSR count). The molecule has 0 unspecified atom stereocenters. The lowest BCUT2D eigenvalue weighted by molar-refractivity contribution is -0.141. The largest absolute Gasteiger partial charge is 0.481 e. The van der Waals surface area contributed by atoms with Gasteiger partial charge in [0.1, 0.15) is 60.4 Å². The Hall–Kier alpha value is -10.1. The van der Waals surface area contributed by atoms with Crippen molar-refractivity contribution in [2.45, 2.75) is 205 Å². The van der Waals surface area contributed by atoms with Crippen LogP contribution in [0, 0.1) is 17.8 Å². The zero-order chi connectivity index (χ0) is 74.4. The maximum absolute atomic E-state index is 14.6. The molecule has 31 N–H and O–H groups in total. The molecule has 98 heavy (non-hydrogen) atoms. The fraction of sp³-hybridized carbons (Fsp3) is 0.639. The molecular formula is C61H108N24O13. The first-order valence-electron chi connectivity index (χ1n) is 32.6. The number of rotatable bonds is 47. The van der Waals surface area contributed by atoms with Crippen molar-refractivity contribution in [3.63, 3.8) is 0 Å². The number of guanidine groups is 4. The van der Waals surface area contributed by atoms with E-state index in [9.17, 15) is 62.6 Å². The normalized spacial score (nSPS) is 14.9. The molecule has 0 fully saturated rings. The summed E-state index contributed by atoms with van der Waals surface area (Å²) >= 11 is 0. The van der Waals surface area contributed by atoms with Gasteiger partial charge in [0.25, 0.3) is 0 Å². The van der Waals surface area contributed by atoms with Gasteiger partial charge in [-0.3, -0.25) is 77.5 Å².